The van der Waals surface area contributed by atoms with E-state index in [0.29, 0.717) is 11.7 Å². The zero-order chi connectivity index (χ0) is 20.5. The number of amides is 1. The molecular formula is C21H25FN6O. The number of rotatable bonds is 4. The van der Waals surface area contributed by atoms with Crippen LogP contribution in [0.4, 0.5) is 16.0 Å². The topological polar surface area (TPSA) is 65.8 Å². The largest absolute Gasteiger partial charge is 0.370 e. The summed E-state index contributed by atoms with van der Waals surface area (Å²) in [5, 5.41) is 7.02. The van der Waals surface area contributed by atoms with Crippen LogP contribution in [0.3, 0.4) is 0 Å². The van der Waals surface area contributed by atoms with Gasteiger partial charge in [0.25, 0.3) is 5.91 Å². The number of anilines is 2. The molecule has 0 bridgehead atoms. The van der Waals surface area contributed by atoms with Crippen molar-refractivity contribution in [3.63, 3.8) is 0 Å². The van der Waals surface area contributed by atoms with Crippen LogP contribution in [0.15, 0.2) is 36.4 Å². The van der Waals surface area contributed by atoms with E-state index in [2.05, 4.69) is 39.3 Å². The molecule has 1 aliphatic rings. The minimum absolute atomic E-state index is 0.0363. The number of likely N-dealkylation sites (tertiary alicyclic amines) is 1. The van der Waals surface area contributed by atoms with Gasteiger partial charge < -0.3 is 9.80 Å². The van der Waals surface area contributed by atoms with Crippen LogP contribution in [0.2, 0.25) is 0 Å². The first-order chi connectivity index (χ1) is 13.9. The molecule has 29 heavy (non-hydrogen) atoms. The molecule has 8 heteroatoms. The Morgan fingerprint density at radius 1 is 1.21 bits per heavy atom. The van der Waals surface area contributed by atoms with Gasteiger partial charge in [-0.2, -0.15) is 4.98 Å². The summed E-state index contributed by atoms with van der Waals surface area (Å²) < 4.78 is 15.6. The average Bonchev–Trinajstić information content (AvgIpc) is 3.12. The normalized spacial score (nSPS) is 15.6. The van der Waals surface area contributed by atoms with Gasteiger partial charge in [-0.05, 0) is 64.2 Å². The Balaban J connectivity index is 1.57. The van der Waals surface area contributed by atoms with E-state index >= 15 is 0 Å². The number of aryl methyl sites for hydroxylation is 1. The van der Waals surface area contributed by atoms with Crippen molar-refractivity contribution in [3.05, 3.63) is 53.5 Å². The Kier molecular flexibility index (Phi) is 5.19. The average molecular weight is 396 g/mol. The molecule has 152 valence electrons. The quantitative estimate of drug-likeness (QED) is 0.735. The number of benzene rings is 1. The molecule has 1 aromatic carbocycles. The molecule has 0 spiro atoms. The molecule has 1 fully saturated rings. The number of hydrogen-bond acceptors (Lipinski definition) is 5. The predicted octanol–water partition coefficient (Wildman–Crippen LogP) is 2.96. The lowest BCUT2D eigenvalue weighted by atomic mass is 10.0. The second-order valence-electron chi connectivity index (χ2n) is 7.59. The van der Waals surface area contributed by atoms with Crippen molar-refractivity contribution < 1.29 is 9.18 Å². The maximum absolute atomic E-state index is 13.8. The Morgan fingerprint density at radius 3 is 2.66 bits per heavy atom. The van der Waals surface area contributed by atoms with Crippen LogP contribution in [-0.4, -0.2) is 58.6 Å². The number of hydrogen-bond donors (Lipinski definition) is 1. The number of carbonyl (C=O) groups is 1. The third-order valence-corrected chi connectivity index (χ3v) is 5.67. The number of carbonyl (C=O) groups excluding carboxylic acids is 1. The first-order valence-electron chi connectivity index (χ1n) is 9.77. The van der Waals surface area contributed by atoms with Crippen LogP contribution < -0.4 is 10.2 Å². The molecule has 2 aromatic heterocycles. The van der Waals surface area contributed by atoms with Gasteiger partial charge >= 0.3 is 0 Å². The molecule has 3 heterocycles. The van der Waals surface area contributed by atoms with Gasteiger partial charge in [0.05, 0.1) is 16.9 Å². The van der Waals surface area contributed by atoms with Gasteiger partial charge in [-0.25, -0.2) is 8.91 Å². The van der Waals surface area contributed by atoms with E-state index < -0.39 is 11.7 Å². The molecule has 7 nitrogen and oxygen atoms in total. The number of halogens is 1. The summed E-state index contributed by atoms with van der Waals surface area (Å²) in [5.41, 5.74) is 2.63. The standard InChI is InChI=1S/C21H25FN6O/c1-14-18(27(3)15-10-12-26(2)13-11-15)8-9-19-23-21(25-28(14)19)24-20(29)16-6-4-5-7-17(16)22/h4-9,15H,10-13H2,1-3H3,(H,24,25,29). The number of nitrogens with one attached hydrogen (secondary N) is 1. The minimum atomic E-state index is -0.577. The Bertz CT molecular complexity index is 1040. The maximum atomic E-state index is 13.8. The number of piperidine rings is 1. The molecule has 0 radical (unpaired) electrons. The highest BCUT2D eigenvalue weighted by atomic mass is 19.1. The van der Waals surface area contributed by atoms with Gasteiger partial charge in [0.2, 0.25) is 5.95 Å². The predicted molar refractivity (Wildman–Crippen MR) is 111 cm³/mol. The third kappa shape index (κ3) is 3.80. The highest BCUT2D eigenvalue weighted by molar-refractivity contribution is 6.03. The fourth-order valence-corrected chi connectivity index (χ4v) is 3.88. The van der Waals surface area contributed by atoms with Crippen LogP contribution >= 0.6 is 0 Å². The second-order valence-corrected chi connectivity index (χ2v) is 7.59. The molecule has 1 amide bonds. The van der Waals surface area contributed by atoms with E-state index in [9.17, 15) is 9.18 Å². The van der Waals surface area contributed by atoms with Crippen molar-refractivity contribution in [1.82, 2.24) is 19.5 Å². The fourth-order valence-electron chi connectivity index (χ4n) is 3.88. The van der Waals surface area contributed by atoms with E-state index in [-0.39, 0.29) is 11.5 Å². The highest BCUT2D eigenvalue weighted by Crippen LogP contribution is 2.26. The Labute approximate surface area is 169 Å². The van der Waals surface area contributed by atoms with Gasteiger partial charge in [0.15, 0.2) is 5.65 Å². The molecule has 1 saturated heterocycles. The van der Waals surface area contributed by atoms with Crippen molar-refractivity contribution in [2.75, 3.05) is 37.4 Å². The Hall–Kier alpha value is -3.00. The van der Waals surface area contributed by atoms with E-state index in [1.807, 2.05) is 19.1 Å². The van der Waals surface area contributed by atoms with Crippen LogP contribution in [0.1, 0.15) is 28.9 Å². The smallest absolute Gasteiger partial charge is 0.261 e. The van der Waals surface area contributed by atoms with Crippen LogP contribution in [0, 0.1) is 12.7 Å². The van der Waals surface area contributed by atoms with E-state index in [1.54, 1.807) is 16.6 Å². The maximum Gasteiger partial charge on any atom is 0.261 e. The summed E-state index contributed by atoms with van der Waals surface area (Å²) in [6.45, 7) is 4.17. The highest BCUT2D eigenvalue weighted by Gasteiger charge is 2.23. The molecule has 3 aromatic rings. The first-order valence-corrected chi connectivity index (χ1v) is 9.77. The van der Waals surface area contributed by atoms with Crippen molar-refractivity contribution >= 4 is 23.2 Å². The monoisotopic (exact) mass is 396 g/mol. The van der Waals surface area contributed by atoms with Gasteiger partial charge in [0, 0.05) is 13.1 Å². The number of nitrogens with zero attached hydrogens (tertiary/aromatic N) is 5. The zero-order valence-electron chi connectivity index (χ0n) is 16.9. The zero-order valence-corrected chi connectivity index (χ0v) is 16.9. The van der Waals surface area contributed by atoms with Crippen LogP contribution in [0.25, 0.3) is 5.65 Å². The van der Waals surface area contributed by atoms with Crippen molar-refractivity contribution in [2.45, 2.75) is 25.8 Å². The SMILES string of the molecule is Cc1c(N(C)C2CCN(C)CC2)ccc2nc(NC(=O)c3ccccc3F)nn12. The summed E-state index contributed by atoms with van der Waals surface area (Å²) in [6.07, 6.45) is 2.23. The Morgan fingerprint density at radius 2 is 1.93 bits per heavy atom. The minimum Gasteiger partial charge on any atom is -0.370 e. The number of aromatic nitrogens is 3. The summed E-state index contributed by atoms with van der Waals surface area (Å²) in [7, 11) is 4.27. The summed E-state index contributed by atoms with van der Waals surface area (Å²) >= 11 is 0. The van der Waals surface area contributed by atoms with Crippen LogP contribution in [0.5, 0.6) is 0 Å². The lowest BCUT2D eigenvalue weighted by molar-refractivity contribution is 0.102. The lowest BCUT2D eigenvalue weighted by Gasteiger charge is -2.36. The van der Waals surface area contributed by atoms with Crippen molar-refractivity contribution in [2.24, 2.45) is 0 Å². The molecule has 0 saturated carbocycles. The summed E-state index contributed by atoms with van der Waals surface area (Å²) in [6, 6.07) is 10.2. The van der Waals surface area contributed by atoms with E-state index in [0.717, 1.165) is 37.3 Å². The van der Waals surface area contributed by atoms with E-state index in [4.69, 9.17) is 0 Å². The molecule has 1 aliphatic heterocycles. The molecular weight excluding hydrogens is 371 g/mol. The van der Waals surface area contributed by atoms with Gasteiger partial charge in [-0.3, -0.25) is 10.1 Å². The summed E-state index contributed by atoms with van der Waals surface area (Å²) in [5.74, 6) is -0.993. The lowest BCUT2D eigenvalue weighted by Crippen LogP contribution is -2.42. The van der Waals surface area contributed by atoms with Crippen LogP contribution in [-0.2, 0) is 0 Å². The third-order valence-electron chi connectivity index (χ3n) is 5.67. The number of pyridine rings is 1. The van der Waals surface area contributed by atoms with Gasteiger partial charge in [0.1, 0.15) is 5.82 Å². The summed E-state index contributed by atoms with van der Waals surface area (Å²) in [4.78, 5) is 21.4. The fraction of sp³-hybridized carbons (Fsp3) is 0.381. The molecule has 0 aliphatic carbocycles. The molecule has 1 N–H and O–H groups in total. The molecule has 0 unspecified atom stereocenters. The van der Waals surface area contributed by atoms with Gasteiger partial charge in [-0.1, -0.05) is 12.1 Å². The second kappa shape index (κ2) is 7.79. The van der Waals surface area contributed by atoms with Crippen molar-refractivity contribution in [3.8, 4) is 0 Å². The number of fused-ring (bicyclic) bond motifs is 1. The van der Waals surface area contributed by atoms with Crippen molar-refractivity contribution in [1.29, 1.82) is 0 Å². The molecule has 0 atom stereocenters. The first kappa shape index (κ1) is 19.3. The van der Waals surface area contributed by atoms with E-state index in [1.165, 1.54) is 12.1 Å². The molecule has 4 rings (SSSR count). The van der Waals surface area contributed by atoms with Gasteiger partial charge in [-0.15, -0.1) is 5.10 Å².